The molecular weight excluding hydrogens is 1000 g/mol. The van der Waals surface area contributed by atoms with E-state index in [0.717, 1.165) is 57.8 Å². The monoisotopic (exact) mass is 1120 g/mol. The highest BCUT2D eigenvalue weighted by Crippen LogP contribution is 2.27. The summed E-state index contributed by atoms with van der Waals surface area (Å²) in [6.45, 7) is 3.70. The Hall–Kier alpha value is -2.05. The molecule has 0 aromatic rings. The van der Waals surface area contributed by atoms with Gasteiger partial charge in [0.15, 0.2) is 12.6 Å². The summed E-state index contributed by atoms with van der Waals surface area (Å²) in [7, 11) is 0. The third kappa shape index (κ3) is 37.7. The number of ether oxygens (including phenoxy) is 6. The van der Waals surface area contributed by atoms with Crippen LogP contribution in [0.1, 0.15) is 258 Å². The Morgan fingerprint density at radius 1 is 0.418 bits per heavy atom. The summed E-state index contributed by atoms with van der Waals surface area (Å²) in [5.74, 6) is -0.381. The van der Waals surface area contributed by atoms with Crippen molar-refractivity contribution in [3.8, 4) is 0 Å². The molecule has 0 radical (unpaired) electrons. The summed E-state index contributed by atoms with van der Waals surface area (Å²) in [6.07, 6.45) is 47.4. The van der Waals surface area contributed by atoms with Crippen molar-refractivity contribution in [1.29, 1.82) is 0 Å². The van der Waals surface area contributed by atoms with E-state index in [-0.39, 0.29) is 25.6 Å². The van der Waals surface area contributed by atoms with Gasteiger partial charge in [0.2, 0.25) is 0 Å². The van der Waals surface area contributed by atoms with Gasteiger partial charge in [0, 0.05) is 13.0 Å². The van der Waals surface area contributed by atoms with E-state index >= 15 is 0 Å². The molecule has 0 saturated carbocycles. The predicted octanol–water partition coefficient (Wildman–Crippen LogP) is 12.6. The highest BCUT2D eigenvalue weighted by atomic mass is 16.7. The first-order chi connectivity index (χ1) is 38.6. The Morgan fingerprint density at radius 3 is 1.24 bits per heavy atom. The lowest BCUT2D eigenvalue weighted by Crippen LogP contribution is -2.61. The fourth-order valence-electron chi connectivity index (χ4n) is 10.1. The first kappa shape index (κ1) is 73.1. The van der Waals surface area contributed by atoms with Crippen molar-refractivity contribution in [3.05, 3.63) is 48.6 Å². The lowest BCUT2D eigenvalue weighted by Gasteiger charge is -2.42. The first-order valence-electron chi connectivity index (χ1n) is 32.2. The average Bonchev–Trinajstić information content (AvgIpc) is 3.46. The maximum absolute atomic E-state index is 13.1. The third-order valence-corrected chi connectivity index (χ3v) is 15.3. The molecule has 14 heteroatoms. The zero-order valence-corrected chi connectivity index (χ0v) is 49.9. The van der Waals surface area contributed by atoms with Crippen LogP contribution in [0, 0.1) is 0 Å². The van der Waals surface area contributed by atoms with Crippen molar-refractivity contribution < 1.29 is 69.0 Å². The second-order valence-electron chi connectivity index (χ2n) is 22.6. The van der Waals surface area contributed by atoms with Crippen LogP contribution in [0.25, 0.3) is 0 Å². The molecule has 0 aliphatic carbocycles. The van der Waals surface area contributed by atoms with Crippen LogP contribution in [0.15, 0.2) is 48.6 Å². The van der Waals surface area contributed by atoms with Gasteiger partial charge in [-0.1, -0.05) is 223 Å². The molecule has 2 aliphatic rings. The lowest BCUT2D eigenvalue weighted by atomic mass is 9.98. The van der Waals surface area contributed by atoms with Gasteiger partial charge in [0.25, 0.3) is 0 Å². The predicted molar refractivity (Wildman–Crippen MR) is 316 cm³/mol. The molecule has 2 aliphatic heterocycles. The highest BCUT2D eigenvalue weighted by Gasteiger charge is 2.47. The fourth-order valence-corrected chi connectivity index (χ4v) is 10.1. The maximum Gasteiger partial charge on any atom is 0.306 e. The van der Waals surface area contributed by atoms with Crippen LogP contribution in [0.4, 0.5) is 0 Å². The van der Waals surface area contributed by atoms with Gasteiger partial charge in [-0.25, -0.2) is 0 Å². The molecule has 2 fully saturated rings. The number of rotatable bonds is 53. The van der Waals surface area contributed by atoms with Gasteiger partial charge in [0.05, 0.1) is 26.4 Å². The Kier molecular flexibility index (Phi) is 47.7. The number of hydrogen-bond donors (Lipinski definition) is 7. The van der Waals surface area contributed by atoms with Crippen LogP contribution in [-0.2, 0) is 33.2 Å². The largest absolute Gasteiger partial charge is 0.457 e. The number of aliphatic hydroxyl groups is 7. The topological polar surface area (TPSA) is 214 Å². The normalized spacial score (nSPS) is 24.3. The number of carbonyl (C=O) groups excluding carboxylic acids is 1. The van der Waals surface area contributed by atoms with Crippen molar-refractivity contribution in [3.63, 3.8) is 0 Å². The molecule has 11 atom stereocenters. The SMILES string of the molecule is CCCCCCC/C=C\C/C=C\C/C=C\CCCCCCCCCCC(=O)OC(COCCCCCCCCCCCC/C=C\CCCCCCCCCC)COC1OC(COC2OC(CO)C(O)C(O)C2O)C(O)C(O)C1O. The van der Waals surface area contributed by atoms with E-state index in [9.17, 15) is 40.5 Å². The fraction of sp³-hybridized carbons (Fsp3) is 0.862. The Labute approximate surface area is 480 Å². The van der Waals surface area contributed by atoms with Crippen LogP contribution in [0.2, 0.25) is 0 Å². The van der Waals surface area contributed by atoms with E-state index in [1.54, 1.807) is 0 Å². The van der Waals surface area contributed by atoms with Crippen LogP contribution >= 0.6 is 0 Å². The standard InChI is InChI=1S/C65H118O14/c1-3-5-7-9-11-13-15-17-19-21-23-25-27-28-30-32-34-36-38-40-42-44-46-48-57(67)77-54(51-74-49-47-45-43-41-39-37-35-33-31-29-26-24-22-20-18-16-14-12-10-8-6-4-2)52-75-64-63(73)61(71)59(69)56(79-64)53-76-65-62(72)60(70)58(68)55(50-66)78-65/h15,17,21-24,27-28,54-56,58-66,68-73H,3-14,16,18-20,25-26,29-53H2,1-2H3/b17-15-,23-21-,24-22-,28-27-. The quantitative estimate of drug-likeness (QED) is 0.0172. The minimum Gasteiger partial charge on any atom is -0.457 e. The van der Waals surface area contributed by atoms with Crippen molar-refractivity contribution in [2.75, 3.05) is 33.0 Å². The third-order valence-electron chi connectivity index (χ3n) is 15.3. The number of aliphatic hydroxyl groups excluding tert-OH is 7. The maximum atomic E-state index is 13.1. The number of esters is 1. The molecule has 0 aromatic carbocycles. The minimum absolute atomic E-state index is 0.0580. The van der Waals surface area contributed by atoms with Gasteiger partial charge >= 0.3 is 5.97 Å². The molecule has 2 heterocycles. The Bertz CT molecular complexity index is 1490. The van der Waals surface area contributed by atoms with Gasteiger partial charge in [-0.15, -0.1) is 0 Å². The zero-order chi connectivity index (χ0) is 57.2. The molecule has 0 aromatic heterocycles. The molecule has 0 spiro atoms. The number of unbranched alkanes of at least 4 members (excludes halogenated alkanes) is 31. The second kappa shape index (κ2) is 51.6. The van der Waals surface area contributed by atoms with Gasteiger partial charge in [-0.3, -0.25) is 4.79 Å². The minimum atomic E-state index is -1.71. The van der Waals surface area contributed by atoms with E-state index in [1.807, 2.05) is 0 Å². The van der Waals surface area contributed by atoms with Crippen molar-refractivity contribution in [1.82, 2.24) is 0 Å². The summed E-state index contributed by atoms with van der Waals surface area (Å²) in [4.78, 5) is 13.1. The lowest BCUT2D eigenvalue weighted by molar-refractivity contribution is -0.332. The molecule has 79 heavy (non-hydrogen) atoms. The second-order valence-corrected chi connectivity index (χ2v) is 22.6. The summed E-state index contributed by atoms with van der Waals surface area (Å²) >= 11 is 0. The van der Waals surface area contributed by atoms with E-state index < -0.39 is 80.7 Å². The van der Waals surface area contributed by atoms with E-state index in [1.165, 1.54) is 173 Å². The number of carbonyl (C=O) groups is 1. The molecule has 14 nitrogen and oxygen atoms in total. The van der Waals surface area contributed by atoms with Crippen molar-refractivity contribution in [2.24, 2.45) is 0 Å². The average molecular weight is 1120 g/mol. The van der Waals surface area contributed by atoms with E-state index in [2.05, 4.69) is 62.5 Å². The van der Waals surface area contributed by atoms with E-state index in [4.69, 9.17) is 28.4 Å². The van der Waals surface area contributed by atoms with Crippen molar-refractivity contribution >= 4 is 5.97 Å². The molecule has 11 unspecified atom stereocenters. The Balaban J connectivity index is 1.68. The molecule has 2 rings (SSSR count). The number of allylic oxidation sites excluding steroid dienone is 8. The smallest absolute Gasteiger partial charge is 0.306 e. The van der Waals surface area contributed by atoms with Crippen LogP contribution in [0.5, 0.6) is 0 Å². The Morgan fingerprint density at radius 2 is 0.785 bits per heavy atom. The molecule has 0 bridgehead atoms. The number of hydrogen-bond acceptors (Lipinski definition) is 14. The first-order valence-corrected chi connectivity index (χ1v) is 32.2. The van der Waals surface area contributed by atoms with Gasteiger partial charge in [-0.05, 0) is 77.0 Å². The van der Waals surface area contributed by atoms with Gasteiger partial charge in [0.1, 0.15) is 54.9 Å². The molecule has 462 valence electrons. The summed E-state index contributed by atoms with van der Waals surface area (Å²) in [5, 5.41) is 72.5. The molecule has 7 N–H and O–H groups in total. The summed E-state index contributed by atoms with van der Waals surface area (Å²) in [5.41, 5.74) is 0. The summed E-state index contributed by atoms with van der Waals surface area (Å²) < 4.78 is 34.5. The van der Waals surface area contributed by atoms with Crippen LogP contribution in [-0.4, -0.2) is 142 Å². The molecular formula is C65H118O14. The highest BCUT2D eigenvalue weighted by molar-refractivity contribution is 5.69. The van der Waals surface area contributed by atoms with Crippen LogP contribution in [0.3, 0.4) is 0 Å². The molecule has 2 saturated heterocycles. The zero-order valence-electron chi connectivity index (χ0n) is 49.9. The van der Waals surface area contributed by atoms with Gasteiger partial charge in [-0.2, -0.15) is 0 Å². The van der Waals surface area contributed by atoms with Crippen LogP contribution < -0.4 is 0 Å². The van der Waals surface area contributed by atoms with Gasteiger partial charge < -0.3 is 64.2 Å². The summed E-state index contributed by atoms with van der Waals surface area (Å²) in [6, 6.07) is 0. The molecule has 0 amide bonds. The van der Waals surface area contributed by atoms with Crippen molar-refractivity contribution in [2.45, 2.75) is 325 Å². The van der Waals surface area contributed by atoms with E-state index in [0.29, 0.717) is 13.0 Å².